The van der Waals surface area contributed by atoms with Crippen LogP contribution in [0.2, 0.25) is 0 Å². The van der Waals surface area contributed by atoms with Gasteiger partial charge in [-0.05, 0) is 48.2 Å². The van der Waals surface area contributed by atoms with Crippen molar-refractivity contribution in [2.75, 3.05) is 13.1 Å². The van der Waals surface area contributed by atoms with Crippen molar-refractivity contribution >= 4 is 5.91 Å². The molecule has 1 fully saturated rings. The number of halogens is 4. The number of likely N-dealkylation sites (tertiary alicyclic amines) is 1. The summed E-state index contributed by atoms with van der Waals surface area (Å²) in [6, 6.07) is 17.6. The van der Waals surface area contributed by atoms with E-state index in [9.17, 15) is 27.6 Å². The van der Waals surface area contributed by atoms with Crippen LogP contribution in [0.3, 0.4) is 0 Å². The topological polar surface area (TPSA) is 126 Å². The third-order valence-corrected chi connectivity index (χ3v) is 9.10. The summed E-state index contributed by atoms with van der Waals surface area (Å²) in [5.74, 6) is -1.66. The van der Waals surface area contributed by atoms with Crippen molar-refractivity contribution in [3.05, 3.63) is 139 Å². The first-order chi connectivity index (χ1) is 22.4. The fourth-order valence-electron chi connectivity index (χ4n) is 6.65. The number of carbonyl (C=O) groups is 1. The lowest BCUT2D eigenvalue weighted by molar-refractivity contribution is -0.138. The Kier molecular flexibility index (Phi) is 8.64. The number of hydrogen-bond donors (Lipinski definition) is 2. The van der Waals surface area contributed by atoms with Crippen molar-refractivity contribution in [3.8, 4) is 0 Å². The zero-order valence-corrected chi connectivity index (χ0v) is 25.3. The van der Waals surface area contributed by atoms with Crippen LogP contribution in [0.1, 0.15) is 62.8 Å². The number of amides is 1. The number of fused-ring (bicyclic) bond motifs is 2. The summed E-state index contributed by atoms with van der Waals surface area (Å²) in [6.45, 7) is 0.249. The van der Waals surface area contributed by atoms with Gasteiger partial charge < -0.3 is 16.2 Å². The van der Waals surface area contributed by atoms with Gasteiger partial charge in [0.15, 0.2) is 0 Å². The zero-order valence-electron chi connectivity index (χ0n) is 25.3. The number of hydrogen-bond acceptors (Lipinski definition) is 6. The summed E-state index contributed by atoms with van der Waals surface area (Å²) >= 11 is 0. The molecule has 0 unspecified atom stereocenters. The summed E-state index contributed by atoms with van der Waals surface area (Å²) in [5, 5.41) is 0. The van der Waals surface area contributed by atoms with Gasteiger partial charge >= 0.3 is 11.9 Å². The second kappa shape index (κ2) is 12.5. The standard InChI is InChI=1S/C34H33F4N5O4/c35-26-11-5-10-25(34(36,37)38)24(26)18-42-28-20-47-33(12-14-41(15-13-33)17-21-6-4-9-23(16-21)30(40)44)29(28)31(45)43(32(42)46)19-27(39)22-7-2-1-3-8-22/h1-11,16,27H,12-15,17-20,39H2,(H2,40,44)/t27-/m0/s1. The number of alkyl halides is 3. The minimum Gasteiger partial charge on any atom is -0.366 e. The summed E-state index contributed by atoms with van der Waals surface area (Å²) in [7, 11) is 0. The Morgan fingerprint density at radius 2 is 1.64 bits per heavy atom. The van der Waals surface area contributed by atoms with Crippen molar-refractivity contribution < 1.29 is 27.1 Å². The summed E-state index contributed by atoms with van der Waals surface area (Å²) < 4.78 is 65.2. The van der Waals surface area contributed by atoms with Gasteiger partial charge in [0.2, 0.25) is 5.91 Å². The summed E-state index contributed by atoms with van der Waals surface area (Å²) in [4.78, 5) is 41.9. The molecule has 2 aliphatic rings. The molecule has 0 aliphatic carbocycles. The molecule has 1 saturated heterocycles. The molecule has 246 valence electrons. The lowest BCUT2D eigenvalue weighted by Gasteiger charge is -2.39. The number of rotatable bonds is 8. The molecule has 1 atom stereocenters. The Hall–Kier alpha value is -4.59. The van der Waals surface area contributed by atoms with Gasteiger partial charge in [0, 0.05) is 36.8 Å². The van der Waals surface area contributed by atoms with E-state index in [2.05, 4.69) is 4.90 Å². The van der Waals surface area contributed by atoms with Crippen LogP contribution in [0.4, 0.5) is 17.6 Å². The molecule has 0 saturated carbocycles. The number of nitrogens with two attached hydrogens (primary N) is 2. The maximum Gasteiger partial charge on any atom is 0.416 e. The third-order valence-electron chi connectivity index (χ3n) is 9.10. The van der Waals surface area contributed by atoms with Gasteiger partial charge in [-0.1, -0.05) is 48.5 Å². The molecule has 0 radical (unpaired) electrons. The first-order valence-corrected chi connectivity index (χ1v) is 15.1. The second-order valence-corrected chi connectivity index (χ2v) is 12.0. The van der Waals surface area contributed by atoms with E-state index in [0.29, 0.717) is 43.6 Å². The van der Waals surface area contributed by atoms with Gasteiger partial charge in [-0.3, -0.25) is 23.6 Å². The van der Waals surface area contributed by atoms with Crippen molar-refractivity contribution in [2.45, 2.75) is 56.9 Å². The smallest absolute Gasteiger partial charge is 0.366 e. The highest BCUT2D eigenvalue weighted by molar-refractivity contribution is 5.92. The quantitative estimate of drug-likeness (QED) is 0.277. The Morgan fingerprint density at radius 1 is 0.936 bits per heavy atom. The predicted molar refractivity (Wildman–Crippen MR) is 165 cm³/mol. The van der Waals surface area contributed by atoms with Gasteiger partial charge in [0.1, 0.15) is 11.4 Å². The highest BCUT2D eigenvalue weighted by Crippen LogP contribution is 2.43. The van der Waals surface area contributed by atoms with Crippen molar-refractivity contribution in [3.63, 3.8) is 0 Å². The fourth-order valence-corrected chi connectivity index (χ4v) is 6.65. The third kappa shape index (κ3) is 6.25. The van der Waals surface area contributed by atoms with E-state index in [1.165, 1.54) is 0 Å². The number of nitrogens with zero attached hydrogens (tertiary/aromatic N) is 3. The zero-order chi connectivity index (χ0) is 33.5. The monoisotopic (exact) mass is 651 g/mol. The first-order valence-electron chi connectivity index (χ1n) is 15.1. The number of benzene rings is 3. The summed E-state index contributed by atoms with van der Waals surface area (Å²) in [5.41, 5.74) is 9.51. The number of carbonyl (C=O) groups excluding carboxylic acids is 1. The molecule has 0 bridgehead atoms. The Labute approximate surface area is 267 Å². The molecule has 47 heavy (non-hydrogen) atoms. The molecule has 4 aromatic rings. The van der Waals surface area contributed by atoms with Gasteiger partial charge in [0.25, 0.3) is 5.56 Å². The molecule has 3 aromatic carbocycles. The van der Waals surface area contributed by atoms with E-state index in [-0.39, 0.29) is 24.4 Å². The largest absolute Gasteiger partial charge is 0.416 e. The number of piperidine rings is 1. The molecular weight excluding hydrogens is 618 g/mol. The van der Waals surface area contributed by atoms with Crippen LogP contribution in [-0.4, -0.2) is 33.0 Å². The number of ether oxygens (including phenoxy) is 1. The molecular formula is C34H33F4N5O4. The van der Waals surface area contributed by atoms with Gasteiger partial charge in [-0.15, -0.1) is 0 Å². The van der Waals surface area contributed by atoms with Crippen molar-refractivity contribution in [2.24, 2.45) is 11.5 Å². The maximum atomic E-state index is 15.0. The Balaban J connectivity index is 1.39. The van der Waals surface area contributed by atoms with E-state index in [1.807, 2.05) is 6.07 Å². The Morgan fingerprint density at radius 3 is 2.32 bits per heavy atom. The van der Waals surface area contributed by atoms with Crippen LogP contribution >= 0.6 is 0 Å². The molecule has 6 rings (SSSR count). The molecule has 1 spiro atoms. The molecule has 2 aliphatic heterocycles. The van der Waals surface area contributed by atoms with Crippen molar-refractivity contribution in [1.29, 1.82) is 0 Å². The van der Waals surface area contributed by atoms with E-state index in [0.717, 1.165) is 32.9 Å². The maximum absolute atomic E-state index is 15.0. The molecule has 4 N–H and O–H groups in total. The molecule has 13 heteroatoms. The van der Waals surface area contributed by atoms with Crippen LogP contribution < -0.4 is 22.7 Å². The normalized spacial score (nSPS) is 16.7. The van der Waals surface area contributed by atoms with Crippen LogP contribution in [0.5, 0.6) is 0 Å². The highest BCUT2D eigenvalue weighted by Gasteiger charge is 2.47. The molecule has 1 amide bonds. The van der Waals surface area contributed by atoms with Gasteiger partial charge in [-0.25, -0.2) is 9.18 Å². The van der Waals surface area contributed by atoms with E-state index < -0.39 is 58.5 Å². The summed E-state index contributed by atoms with van der Waals surface area (Å²) in [6.07, 6.45) is -4.18. The minimum absolute atomic E-state index is 0.128. The molecule has 1 aromatic heterocycles. The second-order valence-electron chi connectivity index (χ2n) is 12.0. The molecule has 9 nitrogen and oxygen atoms in total. The van der Waals surface area contributed by atoms with E-state index in [4.69, 9.17) is 16.2 Å². The van der Waals surface area contributed by atoms with Crippen LogP contribution in [0.15, 0.2) is 82.4 Å². The average Bonchev–Trinajstić information content (AvgIpc) is 3.41. The Bertz CT molecular complexity index is 1930. The first kappa shape index (κ1) is 32.4. The average molecular weight is 652 g/mol. The molecule has 3 heterocycles. The van der Waals surface area contributed by atoms with Crippen molar-refractivity contribution in [1.82, 2.24) is 14.0 Å². The SMILES string of the molecule is NC(=O)c1cccc(CN2CCC3(CC2)OCc2c3c(=O)n(C[C@H](N)c3ccccc3)c(=O)n2Cc2c(F)cccc2C(F)(F)F)c1. The van der Waals surface area contributed by atoms with Crippen LogP contribution in [-0.2, 0) is 42.8 Å². The van der Waals surface area contributed by atoms with Gasteiger partial charge in [-0.2, -0.15) is 13.2 Å². The fraction of sp³-hybridized carbons (Fsp3) is 0.324. The highest BCUT2D eigenvalue weighted by atomic mass is 19.4. The minimum atomic E-state index is -4.88. The van der Waals surface area contributed by atoms with Crippen LogP contribution in [0.25, 0.3) is 0 Å². The lowest BCUT2D eigenvalue weighted by Crippen LogP contribution is -2.49. The van der Waals surface area contributed by atoms with Gasteiger partial charge in [0.05, 0.1) is 36.5 Å². The number of primary amides is 1. The van der Waals surface area contributed by atoms with E-state index >= 15 is 4.39 Å². The predicted octanol–water partition coefficient (Wildman–Crippen LogP) is 4.04. The van der Waals surface area contributed by atoms with E-state index in [1.54, 1.807) is 48.5 Å². The van der Waals surface area contributed by atoms with Crippen LogP contribution in [0, 0.1) is 5.82 Å². The lowest BCUT2D eigenvalue weighted by atomic mass is 9.85. The number of aromatic nitrogens is 2.